The molecule has 134 valence electrons. The Bertz CT molecular complexity index is 539. The second kappa shape index (κ2) is 8.33. The number of piperidine rings is 1. The fraction of sp³-hybridized carbons (Fsp3) is 0.667. The average Bonchev–Trinajstić information content (AvgIpc) is 3.12. The van der Waals surface area contributed by atoms with Gasteiger partial charge in [0.2, 0.25) is 5.91 Å². The zero-order valence-electron chi connectivity index (χ0n) is 14.6. The molecule has 0 aromatic carbocycles. The molecule has 1 aromatic rings. The first-order chi connectivity index (χ1) is 11.4. The van der Waals surface area contributed by atoms with Crippen LogP contribution in [0.4, 0.5) is 0 Å². The smallest absolute Gasteiger partial charge is 0.290 e. The monoisotopic (exact) mass is 336 g/mol. The maximum atomic E-state index is 12.5. The Kier molecular flexibility index (Phi) is 6.43. The number of carbonyl (C=O) groups excluding carboxylic acids is 2. The summed E-state index contributed by atoms with van der Waals surface area (Å²) in [5.41, 5.74) is -0.128. The second-order valence-electron chi connectivity index (χ2n) is 7.20. The molecular formula is C18H28N2O4. The third kappa shape index (κ3) is 4.84. The molecule has 0 bridgehead atoms. The summed E-state index contributed by atoms with van der Waals surface area (Å²) in [4.78, 5) is 26.6. The third-order valence-electron chi connectivity index (χ3n) is 4.56. The topological polar surface area (TPSA) is 82.8 Å². The first-order valence-electron chi connectivity index (χ1n) is 8.68. The van der Waals surface area contributed by atoms with Gasteiger partial charge in [0.1, 0.15) is 6.04 Å². The molecule has 6 heteroatoms. The molecule has 1 aliphatic rings. The van der Waals surface area contributed by atoms with E-state index in [-0.39, 0.29) is 29.6 Å². The fourth-order valence-electron chi connectivity index (χ4n) is 2.96. The van der Waals surface area contributed by atoms with E-state index in [9.17, 15) is 14.7 Å². The number of amides is 2. The highest BCUT2D eigenvalue weighted by molar-refractivity contribution is 5.95. The number of aliphatic hydroxyl groups excluding tert-OH is 1. The van der Waals surface area contributed by atoms with E-state index in [1.165, 1.54) is 6.26 Å². The van der Waals surface area contributed by atoms with Crippen LogP contribution in [-0.4, -0.2) is 47.6 Å². The van der Waals surface area contributed by atoms with E-state index in [1.807, 2.05) is 13.8 Å². The summed E-state index contributed by atoms with van der Waals surface area (Å²) < 4.78 is 5.18. The molecule has 2 N–H and O–H groups in total. The van der Waals surface area contributed by atoms with Gasteiger partial charge >= 0.3 is 0 Å². The van der Waals surface area contributed by atoms with E-state index >= 15 is 0 Å². The molecule has 1 fully saturated rings. The van der Waals surface area contributed by atoms with Crippen LogP contribution in [-0.2, 0) is 4.79 Å². The normalized spacial score (nSPS) is 18.5. The summed E-state index contributed by atoms with van der Waals surface area (Å²) in [5, 5.41) is 12.2. The molecule has 24 heavy (non-hydrogen) atoms. The minimum absolute atomic E-state index is 0.101. The molecule has 2 heterocycles. The Morgan fingerprint density at radius 1 is 1.42 bits per heavy atom. The lowest BCUT2D eigenvalue weighted by Gasteiger charge is -2.34. The molecule has 0 spiro atoms. The summed E-state index contributed by atoms with van der Waals surface area (Å²) >= 11 is 0. The van der Waals surface area contributed by atoms with Crippen LogP contribution >= 0.6 is 0 Å². The molecule has 1 atom stereocenters. The largest absolute Gasteiger partial charge is 0.459 e. The van der Waals surface area contributed by atoms with Crippen LogP contribution in [0.2, 0.25) is 0 Å². The van der Waals surface area contributed by atoms with Crippen molar-refractivity contribution < 1.29 is 19.1 Å². The highest BCUT2D eigenvalue weighted by Gasteiger charge is 2.33. The van der Waals surface area contributed by atoms with Crippen LogP contribution < -0.4 is 5.32 Å². The molecule has 6 nitrogen and oxygen atoms in total. The Morgan fingerprint density at radius 3 is 2.88 bits per heavy atom. The summed E-state index contributed by atoms with van der Waals surface area (Å²) in [7, 11) is 0. The van der Waals surface area contributed by atoms with Gasteiger partial charge in [-0.1, -0.05) is 13.8 Å². The number of hydrogen-bond donors (Lipinski definition) is 2. The van der Waals surface area contributed by atoms with Crippen molar-refractivity contribution in [3.05, 3.63) is 24.2 Å². The van der Waals surface area contributed by atoms with Crippen molar-refractivity contribution in [2.24, 2.45) is 5.41 Å². The van der Waals surface area contributed by atoms with Gasteiger partial charge in [-0.15, -0.1) is 0 Å². The van der Waals surface area contributed by atoms with Crippen LogP contribution in [0, 0.1) is 5.41 Å². The van der Waals surface area contributed by atoms with Crippen molar-refractivity contribution in [2.75, 3.05) is 19.7 Å². The molecule has 0 radical (unpaired) electrons. The Morgan fingerprint density at radius 2 is 2.21 bits per heavy atom. The maximum absolute atomic E-state index is 12.5. The van der Waals surface area contributed by atoms with Gasteiger partial charge in [0.25, 0.3) is 5.91 Å². The Hall–Kier alpha value is -1.82. The molecule has 0 aliphatic carbocycles. The number of hydrogen-bond acceptors (Lipinski definition) is 4. The summed E-state index contributed by atoms with van der Waals surface area (Å²) in [6.45, 7) is 5.27. The maximum Gasteiger partial charge on any atom is 0.290 e. The fourth-order valence-corrected chi connectivity index (χ4v) is 2.96. The van der Waals surface area contributed by atoms with Gasteiger partial charge in [-0.25, -0.2) is 0 Å². The van der Waals surface area contributed by atoms with Crippen LogP contribution in [0.1, 0.15) is 56.5 Å². The van der Waals surface area contributed by atoms with E-state index in [1.54, 1.807) is 17.0 Å². The lowest BCUT2D eigenvalue weighted by molar-refractivity contribution is -0.126. The van der Waals surface area contributed by atoms with E-state index in [4.69, 9.17) is 4.42 Å². The van der Waals surface area contributed by atoms with Gasteiger partial charge in [0, 0.05) is 19.7 Å². The van der Waals surface area contributed by atoms with Crippen molar-refractivity contribution >= 4 is 11.8 Å². The van der Waals surface area contributed by atoms with E-state index in [0.717, 1.165) is 25.7 Å². The molecule has 0 saturated carbocycles. The number of furan rings is 1. The number of nitrogens with one attached hydrogen (secondary N) is 1. The standard InChI is InChI=1S/C18H28N2O4/c1-18(2,13-21)9-6-10-19-16(22)14-7-3-4-11-20(14)17(23)15-8-5-12-24-15/h5,8,12,14,21H,3-4,6-7,9-11,13H2,1-2H3,(H,19,22). The SMILES string of the molecule is CC(C)(CO)CCCNC(=O)C1CCCCN1C(=O)c1ccco1. The Labute approximate surface area is 143 Å². The second-order valence-corrected chi connectivity index (χ2v) is 7.20. The van der Waals surface area contributed by atoms with Crippen LogP contribution in [0.25, 0.3) is 0 Å². The molecule has 2 rings (SSSR count). The highest BCUT2D eigenvalue weighted by atomic mass is 16.3. The number of rotatable bonds is 7. The van der Waals surface area contributed by atoms with Gasteiger partial charge in [-0.2, -0.15) is 0 Å². The van der Waals surface area contributed by atoms with Gasteiger partial charge in [0.15, 0.2) is 5.76 Å². The molecule has 1 aromatic heterocycles. The highest BCUT2D eigenvalue weighted by Crippen LogP contribution is 2.22. The van der Waals surface area contributed by atoms with Crippen molar-refractivity contribution in [1.82, 2.24) is 10.2 Å². The number of carbonyl (C=O) groups is 2. The summed E-state index contributed by atoms with van der Waals surface area (Å²) in [6.07, 6.45) is 5.63. The van der Waals surface area contributed by atoms with Crippen molar-refractivity contribution in [2.45, 2.75) is 52.0 Å². The average molecular weight is 336 g/mol. The van der Waals surface area contributed by atoms with E-state index in [2.05, 4.69) is 5.32 Å². The number of aliphatic hydroxyl groups is 1. The predicted octanol–water partition coefficient (Wildman–Crippen LogP) is 2.19. The summed E-state index contributed by atoms with van der Waals surface area (Å²) in [5.74, 6) is -0.0444. The van der Waals surface area contributed by atoms with Gasteiger partial charge in [-0.3, -0.25) is 9.59 Å². The number of nitrogens with zero attached hydrogens (tertiary/aromatic N) is 1. The predicted molar refractivity (Wildman–Crippen MR) is 90.5 cm³/mol. The molecule has 1 saturated heterocycles. The molecule has 1 aliphatic heterocycles. The van der Waals surface area contributed by atoms with E-state index in [0.29, 0.717) is 19.5 Å². The quantitative estimate of drug-likeness (QED) is 0.748. The minimum atomic E-state index is -0.429. The van der Waals surface area contributed by atoms with Crippen LogP contribution in [0.15, 0.2) is 22.8 Å². The van der Waals surface area contributed by atoms with Crippen molar-refractivity contribution in [3.63, 3.8) is 0 Å². The number of likely N-dealkylation sites (tertiary alicyclic amines) is 1. The van der Waals surface area contributed by atoms with Crippen LogP contribution in [0.3, 0.4) is 0 Å². The lowest BCUT2D eigenvalue weighted by Crippen LogP contribution is -2.52. The molecule has 2 amide bonds. The Balaban J connectivity index is 1.88. The van der Waals surface area contributed by atoms with Gasteiger partial charge in [-0.05, 0) is 49.7 Å². The van der Waals surface area contributed by atoms with Gasteiger partial charge < -0.3 is 19.7 Å². The minimum Gasteiger partial charge on any atom is -0.459 e. The summed E-state index contributed by atoms with van der Waals surface area (Å²) in [6, 6.07) is 2.88. The van der Waals surface area contributed by atoms with Crippen LogP contribution in [0.5, 0.6) is 0 Å². The third-order valence-corrected chi connectivity index (χ3v) is 4.56. The first-order valence-corrected chi connectivity index (χ1v) is 8.68. The molecular weight excluding hydrogens is 308 g/mol. The van der Waals surface area contributed by atoms with Crippen molar-refractivity contribution in [1.29, 1.82) is 0 Å². The first kappa shape index (κ1) is 18.5. The lowest BCUT2D eigenvalue weighted by atomic mass is 9.89. The zero-order chi connectivity index (χ0) is 17.6. The van der Waals surface area contributed by atoms with Gasteiger partial charge in [0.05, 0.1) is 6.26 Å². The zero-order valence-corrected chi connectivity index (χ0v) is 14.6. The molecule has 1 unspecified atom stereocenters. The van der Waals surface area contributed by atoms with Crippen molar-refractivity contribution in [3.8, 4) is 0 Å². The van der Waals surface area contributed by atoms with E-state index < -0.39 is 6.04 Å².